The molecule has 0 spiro atoms. The van der Waals surface area contributed by atoms with Crippen molar-refractivity contribution in [1.29, 1.82) is 0 Å². The molecule has 0 aliphatic heterocycles. The minimum Gasteiger partial charge on any atom is -0.461 e. The van der Waals surface area contributed by atoms with Crippen molar-refractivity contribution in [1.82, 2.24) is 4.98 Å². The molecule has 0 aliphatic carbocycles. The summed E-state index contributed by atoms with van der Waals surface area (Å²) in [6, 6.07) is 3.98. The third kappa shape index (κ3) is 4.99. The number of hydrogen-bond acceptors (Lipinski definition) is 4. The molecule has 0 amide bonds. The van der Waals surface area contributed by atoms with Gasteiger partial charge in [0.1, 0.15) is 5.52 Å². The molecule has 0 saturated heterocycles. The molecule has 0 N–H and O–H groups in total. The number of pyridine rings is 1. The highest BCUT2D eigenvalue weighted by molar-refractivity contribution is 6.35. The van der Waals surface area contributed by atoms with Crippen LogP contribution < -0.4 is 4.74 Å². The molecule has 0 saturated carbocycles. The van der Waals surface area contributed by atoms with Crippen LogP contribution in [-0.2, 0) is 4.74 Å². The standard InChI is InChI=1S/C14H11ClF3NO3.C2H6/c1-3-21-13(20)10-6-9(15)8-4-7(2)5-11(12(8)19-10)22-14(16,17)18;1-2/h4-6H,3H2,1-2H3;1-2H3. The summed E-state index contributed by atoms with van der Waals surface area (Å²) in [5.41, 5.74) is 0.174. The highest BCUT2D eigenvalue weighted by atomic mass is 35.5. The lowest BCUT2D eigenvalue weighted by Gasteiger charge is -2.13. The molecule has 132 valence electrons. The van der Waals surface area contributed by atoms with Gasteiger partial charge in [-0.3, -0.25) is 0 Å². The van der Waals surface area contributed by atoms with E-state index in [9.17, 15) is 18.0 Å². The van der Waals surface area contributed by atoms with Crippen LogP contribution in [0.4, 0.5) is 13.2 Å². The highest BCUT2D eigenvalue weighted by Gasteiger charge is 2.32. The van der Waals surface area contributed by atoms with Gasteiger partial charge in [0.05, 0.1) is 11.6 Å². The van der Waals surface area contributed by atoms with Gasteiger partial charge in [-0.1, -0.05) is 25.4 Å². The number of benzene rings is 1. The third-order valence-corrected chi connectivity index (χ3v) is 3.00. The number of rotatable bonds is 3. The predicted molar refractivity (Wildman–Crippen MR) is 85.5 cm³/mol. The van der Waals surface area contributed by atoms with E-state index in [1.54, 1.807) is 19.9 Å². The van der Waals surface area contributed by atoms with Crippen LogP contribution in [0.25, 0.3) is 10.9 Å². The number of ether oxygens (including phenoxy) is 2. The van der Waals surface area contributed by atoms with Gasteiger partial charge in [-0.15, -0.1) is 13.2 Å². The minimum absolute atomic E-state index is 0.0868. The maximum atomic E-state index is 12.5. The molecule has 1 aromatic carbocycles. The zero-order valence-electron chi connectivity index (χ0n) is 13.6. The van der Waals surface area contributed by atoms with Crippen molar-refractivity contribution in [3.05, 3.63) is 34.5 Å². The average molecular weight is 364 g/mol. The second-order valence-corrected chi connectivity index (χ2v) is 4.82. The number of carbonyl (C=O) groups excluding carboxylic acids is 1. The van der Waals surface area contributed by atoms with Gasteiger partial charge in [0, 0.05) is 5.39 Å². The second-order valence-electron chi connectivity index (χ2n) is 4.42. The van der Waals surface area contributed by atoms with Crippen molar-refractivity contribution in [3.63, 3.8) is 0 Å². The molecular formula is C16H17ClF3NO3. The maximum absolute atomic E-state index is 12.5. The van der Waals surface area contributed by atoms with E-state index in [2.05, 4.69) is 9.72 Å². The van der Waals surface area contributed by atoms with Crippen LogP contribution in [0, 0.1) is 6.92 Å². The SMILES string of the molecule is CC.CCOC(=O)c1cc(Cl)c2cc(C)cc(OC(F)(F)F)c2n1. The predicted octanol–water partition coefficient (Wildman–Crippen LogP) is 5.30. The summed E-state index contributed by atoms with van der Waals surface area (Å²) in [6.45, 7) is 7.30. The van der Waals surface area contributed by atoms with Crippen LogP contribution in [0.15, 0.2) is 18.2 Å². The van der Waals surface area contributed by atoms with Crippen molar-refractivity contribution in [2.24, 2.45) is 0 Å². The van der Waals surface area contributed by atoms with E-state index in [1.165, 1.54) is 12.1 Å². The van der Waals surface area contributed by atoms with E-state index in [1.807, 2.05) is 13.8 Å². The van der Waals surface area contributed by atoms with Crippen molar-refractivity contribution in [2.75, 3.05) is 6.61 Å². The topological polar surface area (TPSA) is 48.4 Å². The lowest BCUT2D eigenvalue weighted by Crippen LogP contribution is -2.18. The zero-order chi connectivity index (χ0) is 18.5. The van der Waals surface area contributed by atoms with Gasteiger partial charge < -0.3 is 9.47 Å². The van der Waals surface area contributed by atoms with Crippen molar-refractivity contribution in [3.8, 4) is 5.75 Å². The summed E-state index contributed by atoms with van der Waals surface area (Å²) >= 11 is 6.04. The fourth-order valence-corrected chi connectivity index (χ4v) is 2.15. The van der Waals surface area contributed by atoms with E-state index >= 15 is 0 Å². The number of esters is 1. The second kappa shape index (κ2) is 8.19. The first kappa shape index (κ1) is 20.0. The fourth-order valence-electron chi connectivity index (χ4n) is 1.91. The smallest absolute Gasteiger partial charge is 0.461 e. The Labute approximate surface area is 142 Å². The average Bonchev–Trinajstić information content (AvgIpc) is 2.48. The molecule has 0 fully saturated rings. The minimum atomic E-state index is -4.88. The summed E-state index contributed by atoms with van der Waals surface area (Å²) in [7, 11) is 0. The normalized spacial score (nSPS) is 10.8. The van der Waals surface area contributed by atoms with Crippen LogP contribution >= 0.6 is 11.6 Å². The van der Waals surface area contributed by atoms with Crippen LogP contribution in [-0.4, -0.2) is 23.9 Å². The quantitative estimate of drug-likeness (QED) is 0.694. The first-order chi connectivity index (χ1) is 11.2. The molecule has 8 heteroatoms. The summed E-state index contributed by atoms with van der Waals surface area (Å²) in [5.74, 6) is -1.29. The number of aromatic nitrogens is 1. The van der Waals surface area contributed by atoms with Crippen molar-refractivity contribution < 1.29 is 27.4 Å². The molecule has 2 rings (SSSR count). The molecule has 4 nitrogen and oxygen atoms in total. The molecule has 1 heterocycles. The molecule has 0 atom stereocenters. The first-order valence-corrected chi connectivity index (χ1v) is 7.63. The Kier molecular flexibility index (Phi) is 6.83. The van der Waals surface area contributed by atoms with Gasteiger partial charge in [-0.2, -0.15) is 0 Å². The van der Waals surface area contributed by atoms with Gasteiger partial charge in [0.2, 0.25) is 0 Å². The van der Waals surface area contributed by atoms with Crippen LogP contribution in [0.2, 0.25) is 5.02 Å². The fraction of sp³-hybridized carbons (Fsp3) is 0.375. The van der Waals surface area contributed by atoms with Crippen LogP contribution in [0.1, 0.15) is 36.8 Å². The number of carbonyl (C=O) groups is 1. The van der Waals surface area contributed by atoms with E-state index in [0.29, 0.717) is 5.56 Å². The summed E-state index contributed by atoms with van der Waals surface area (Å²) in [6.07, 6.45) is -4.88. The van der Waals surface area contributed by atoms with Gasteiger partial charge in [-0.05, 0) is 37.6 Å². The number of hydrogen-bond donors (Lipinski definition) is 0. The monoisotopic (exact) mass is 363 g/mol. The molecule has 0 unspecified atom stereocenters. The number of alkyl halides is 3. The molecular weight excluding hydrogens is 347 g/mol. The lowest BCUT2D eigenvalue weighted by molar-refractivity contribution is -0.274. The third-order valence-electron chi connectivity index (χ3n) is 2.68. The summed E-state index contributed by atoms with van der Waals surface area (Å²) in [5, 5.41) is 0.345. The van der Waals surface area contributed by atoms with E-state index in [4.69, 9.17) is 16.3 Å². The Morgan fingerprint density at radius 1 is 1.25 bits per heavy atom. The Morgan fingerprint density at radius 2 is 1.88 bits per heavy atom. The summed E-state index contributed by atoms with van der Waals surface area (Å²) in [4.78, 5) is 15.6. The number of nitrogens with zero attached hydrogens (tertiary/aromatic N) is 1. The Morgan fingerprint density at radius 3 is 2.42 bits per heavy atom. The summed E-state index contributed by atoms with van der Waals surface area (Å²) < 4.78 is 46.3. The number of halogens is 4. The Bertz CT molecular complexity index is 733. The van der Waals surface area contributed by atoms with Crippen molar-refractivity contribution >= 4 is 28.5 Å². The Balaban J connectivity index is 0.00000139. The van der Waals surface area contributed by atoms with Crippen molar-refractivity contribution in [2.45, 2.75) is 34.1 Å². The number of aryl methyl sites for hydroxylation is 1. The highest BCUT2D eigenvalue weighted by Crippen LogP contribution is 2.34. The van der Waals surface area contributed by atoms with E-state index in [-0.39, 0.29) is 28.2 Å². The molecule has 24 heavy (non-hydrogen) atoms. The molecule has 1 aromatic heterocycles. The zero-order valence-corrected chi connectivity index (χ0v) is 14.4. The van der Waals surface area contributed by atoms with E-state index in [0.717, 1.165) is 0 Å². The molecule has 0 bridgehead atoms. The largest absolute Gasteiger partial charge is 0.573 e. The Hall–Kier alpha value is -2.02. The molecule has 0 aliphatic rings. The van der Waals surface area contributed by atoms with Crippen LogP contribution in [0.3, 0.4) is 0 Å². The lowest BCUT2D eigenvalue weighted by atomic mass is 10.1. The molecule has 0 radical (unpaired) electrons. The maximum Gasteiger partial charge on any atom is 0.573 e. The van der Waals surface area contributed by atoms with Gasteiger partial charge >= 0.3 is 12.3 Å². The number of fused-ring (bicyclic) bond motifs is 1. The van der Waals surface area contributed by atoms with Gasteiger partial charge in [-0.25, -0.2) is 9.78 Å². The molecule has 2 aromatic rings. The first-order valence-electron chi connectivity index (χ1n) is 7.25. The van der Waals surface area contributed by atoms with Crippen LogP contribution in [0.5, 0.6) is 5.75 Å². The van der Waals surface area contributed by atoms with Gasteiger partial charge in [0.15, 0.2) is 11.4 Å². The van der Waals surface area contributed by atoms with Gasteiger partial charge in [0.25, 0.3) is 0 Å². The van der Waals surface area contributed by atoms with E-state index < -0.39 is 18.1 Å².